The van der Waals surface area contributed by atoms with Crippen LogP contribution in [0.25, 0.3) is 5.69 Å². The molecule has 0 atom stereocenters. The van der Waals surface area contributed by atoms with E-state index in [0.717, 1.165) is 16.8 Å². The zero-order valence-electron chi connectivity index (χ0n) is 15.5. The quantitative estimate of drug-likeness (QED) is 0.666. The molecule has 0 fully saturated rings. The fraction of sp³-hybridized carbons (Fsp3) is 0.238. The van der Waals surface area contributed by atoms with E-state index in [0.29, 0.717) is 30.9 Å². The summed E-state index contributed by atoms with van der Waals surface area (Å²) in [7, 11) is 3.21. The van der Waals surface area contributed by atoms with Gasteiger partial charge in [0.2, 0.25) is 5.91 Å². The standard InChI is InChI=1S/C21H23N3O3/c1-26-19-10-6-16(14-20(19)27-2)7-11-21(25)22-15-17-4-8-18(9-5-17)24-13-3-12-23-24/h3-6,8-10,12-14H,7,11,15H2,1-2H3,(H,22,25). The van der Waals surface area contributed by atoms with Crippen molar-refractivity contribution in [1.29, 1.82) is 0 Å². The summed E-state index contributed by atoms with van der Waals surface area (Å²) in [4.78, 5) is 12.1. The smallest absolute Gasteiger partial charge is 0.220 e. The lowest BCUT2D eigenvalue weighted by Crippen LogP contribution is -2.23. The third kappa shape index (κ3) is 4.88. The molecular formula is C21H23N3O3. The van der Waals surface area contributed by atoms with Gasteiger partial charge in [0.1, 0.15) is 0 Å². The van der Waals surface area contributed by atoms with Gasteiger partial charge in [-0.25, -0.2) is 4.68 Å². The second kappa shape index (κ2) is 8.89. The normalized spacial score (nSPS) is 10.4. The molecule has 27 heavy (non-hydrogen) atoms. The monoisotopic (exact) mass is 365 g/mol. The molecule has 6 nitrogen and oxygen atoms in total. The summed E-state index contributed by atoms with van der Waals surface area (Å²) in [5.41, 5.74) is 3.07. The average Bonchev–Trinajstić information content (AvgIpc) is 3.25. The number of aromatic nitrogens is 2. The van der Waals surface area contributed by atoms with Gasteiger partial charge in [0.15, 0.2) is 11.5 Å². The second-order valence-electron chi connectivity index (χ2n) is 6.08. The van der Waals surface area contributed by atoms with Crippen molar-refractivity contribution in [2.75, 3.05) is 14.2 Å². The second-order valence-corrected chi connectivity index (χ2v) is 6.08. The predicted octanol–water partition coefficient (Wildman–Crippen LogP) is 3.14. The van der Waals surface area contributed by atoms with E-state index in [1.54, 1.807) is 25.1 Å². The molecule has 1 amide bonds. The molecule has 1 N–H and O–H groups in total. The third-order valence-electron chi connectivity index (χ3n) is 4.28. The number of methoxy groups -OCH3 is 2. The summed E-state index contributed by atoms with van der Waals surface area (Å²) in [6.07, 6.45) is 4.70. The van der Waals surface area contributed by atoms with E-state index in [-0.39, 0.29) is 5.91 Å². The molecule has 1 heterocycles. The Labute approximate surface area is 158 Å². The van der Waals surface area contributed by atoms with Crippen LogP contribution in [0, 0.1) is 0 Å². The zero-order valence-corrected chi connectivity index (χ0v) is 15.5. The van der Waals surface area contributed by atoms with E-state index >= 15 is 0 Å². The number of ether oxygens (including phenoxy) is 2. The summed E-state index contributed by atoms with van der Waals surface area (Å²) in [5.74, 6) is 1.37. The Hall–Kier alpha value is -3.28. The molecular weight excluding hydrogens is 342 g/mol. The van der Waals surface area contributed by atoms with Crippen molar-refractivity contribution >= 4 is 5.91 Å². The topological polar surface area (TPSA) is 65.4 Å². The van der Waals surface area contributed by atoms with Gasteiger partial charge in [-0.1, -0.05) is 18.2 Å². The molecule has 1 aromatic heterocycles. The van der Waals surface area contributed by atoms with E-state index < -0.39 is 0 Å². The highest BCUT2D eigenvalue weighted by molar-refractivity contribution is 5.76. The van der Waals surface area contributed by atoms with Crippen molar-refractivity contribution in [2.45, 2.75) is 19.4 Å². The molecule has 140 valence electrons. The molecule has 2 aromatic carbocycles. The van der Waals surface area contributed by atoms with E-state index in [4.69, 9.17) is 9.47 Å². The van der Waals surface area contributed by atoms with Gasteiger partial charge in [0.05, 0.1) is 19.9 Å². The molecule has 0 aliphatic carbocycles. The minimum absolute atomic E-state index is 0.0148. The van der Waals surface area contributed by atoms with Gasteiger partial charge >= 0.3 is 0 Å². The maximum absolute atomic E-state index is 12.1. The number of nitrogens with one attached hydrogen (secondary N) is 1. The molecule has 0 aliphatic heterocycles. The first-order valence-electron chi connectivity index (χ1n) is 8.76. The van der Waals surface area contributed by atoms with E-state index in [2.05, 4.69) is 10.4 Å². The van der Waals surface area contributed by atoms with Crippen LogP contribution in [0.4, 0.5) is 0 Å². The van der Waals surface area contributed by atoms with Crippen molar-refractivity contribution in [3.05, 3.63) is 72.1 Å². The first-order valence-corrected chi connectivity index (χ1v) is 8.76. The van der Waals surface area contributed by atoms with Gasteiger partial charge in [-0.15, -0.1) is 0 Å². The van der Waals surface area contributed by atoms with Crippen LogP contribution in [-0.2, 0) is 17.8 Å². The van der Waals surface area contributed by atoms with Crippen molar-refractivity contribution in [2.24, 2.45) is 0 Å². The number of rotatable bonds is 8. The lowest BCUT2D eigenvalue weighted by Gasteiger charge is -2.10. The largest absolute Gasteiger partial charge is 0.493 e. The summed E-state index contributed by atoms with van der Waals surface area (Å²) in [6, 6.07) is 15.5. The Kier molecular flexibility index (Phi) is 6.10. The highest BCUT2D eigenvalue weighted by atomic mass is 16.5. The Morgan fingerprint density at radius 3 is 2.44 bits per heavy atom. The summed E-state index contributed by atoms with van der Waals surface area (Å²) >= 11 is 0. The van der Waals surface area contributed by atoms with Gasteiger partial charge in [0, 0.05) is 25.4 Å². The summed E-state index contributed by atoms with van der Waals surface area (Å²) in [5, 5.41) is 7.15. The molecule has 0 saturated carbocycles. The summed E-state index contributed by atoms with van der Waals surface area (Å²) < 4.78 is 12.3. The maximum atomic E-state index is 12.1. The van der Waals surface area contributed by atoms with Gasteiger partial charge in [0.25, 0.3) is 0 Å². The molecule has 3 rings (SSSR count). The van der Waals surface area contributed by atoms with Crippen LogP contribution in [-0.4, -0.2) is 29.9 Å². The molecule has 0 bridgehead atoms. The Bertz CT molecular complexity index is 874. The van der Waals surface area contributed by atoms with Crippen LogP contribution in [0.2, 0.25) is 0 Å². The number of aryl methyl sites for hydroxylation is 1. The number of hydrogen-bond acceptors (Lipinski definition) is 4. The molecule has 3 aromatic rings. The van der Waals surface area contributed by atoms with Crippen LogP contribution >= 0.6 is 0 Å². The SMILES string of the molecule is COc1ccc(CCC(=O)NCc2ccc(-n3cccn3)cc2)cc1OC. The minimum atomic E-state index is 0.0148. The number of benzene rings is 2. The van der Waals surface area contributed by atoms with Crippen molar-refractivity contribution in [1.82, 2.24) is 15.1 Å². The van der Waals surface area contributed by atoms with Crippen molar-refractivity contribution < 1.29 is 14.3 Å². The van der Waals surface area contributed by atoms with Crippen LogP contribution in [0.3, 0.4) is 0 Å². The lowest BCUT2D eigenvalue weighted by molar-refractivity contribution is -0.121. The zero-order chi connectivity index (χ0) is 19.1. The Morgan fingerprint density at radius 2 is 1.78 bits per heavy atom. The van der Waals surface area contributed by atoms with Crippen LogP contribution < -0.4 is 14.8 Å². The third-order valence-corrected chi connectivity index (χ3v) is 4.28. The average molecular weight is 365 g/mol. The lowest BCUT2D eigenvalue weighted by atomic mass is 10.1. The number of carbonyl (C=O) groups is 1. The molecule has 0 aliphatic rings. The molecule has 0 unspecified atom stereocenters. The van der Waals surface area contributed by atoms with Crippen LogP contribution in [0.5, 0.6) is 11.5 Å². The van der Waals surface area contributed by atoms with Gasteiger partial charge in [-0.2, -0.15) is 5.10 Å². The Balaban J connectivity index is 1.48. The summed E-state index contributed by atoms with van der Waals surface area (Å²) in [6.45, 7) is 0.504. The van der Waals surface area contributed by atoms with E-state index in [9.17, 15) is 4.79 Å². The molecule has 0 saturated heterocycles. The van der Waals surface area contributed by atoms with Gasteiger partial charge < -0.3 is 14.8 Å². The van der Waals surface area contributed by atoms with Crippen LogP contribution in [0.1, 0.15) is 17.5 Å². The van der Waals surface area contributed by atoms with Gasteiger partial charge in [-0.05, 0) is 47.9 Å². The van der Waals surface area contributed by atoms with Gasteiger partial charge in [-0.3, -0.25) is 4.79 Å². The van der Waals surface area contributed by atoms with Crippen LogP contribution in [0.15, 0.2) is 60.9 Å². The van der Waals surface area contributed by atoms with Crippen molar-refractivity contribution in [3.8, 4) is 17.2 Å². The molecule has 6 heteroatoms. The number of amides is 1. The molecule has 0 radical (unpaired) electrons. The first-order chi connectivity index (χ1) is 13.2. The highest BCUT2D eigenvalue weighted by Gasteiger charge is 2.07. The molecule has 0 spiro atoms. The number of nitrogens with zero attached hydrogens (tertiary/aromatic N) is 2. The fourth-order valence-corrected chi connectivity index (χ4v) is 2.77. The van der Waals surface area contributed by atoms with Crippen molar-refractivity contribution in [3.63, 3.8) is 0 Å². The number of hydrogen-bond donors (Lipinski definition) is 1. The fourth-order valence-electron chi connectivity index (χ4n) is 2.77. The first kappa shape index (κ1) is 18.5. The number of carbonyl (C=O) groups excluding carboxylic acids is 1. The predicted molar refractivity (Wildman–Crippen MR) is 103 cm³/mol. The highest BCUT2D eigenvalue weighted by Crippen LogP contribution is 2.27. The Morgan fingerprint density at radius 1 is 1.04 bits per heavy atom. The van der Waals surface area contributed by atoms with E-state index in [1.165, 1.54) is 0 Å². The van der Waals surface area contributed by atoms with E-state index in [1.807, 2.05) is 54.7 Å². The maximum Gasteiger partial charge on any atom is 0.220 e. The minimum Gasteiger partial charge on any atom is -0.493 e.